The highest BCUT2D eigenvalue weighted by molar-refractivity contribution is 7.14. The number of aliphatic imine (C=N–C) groups is 1. The first-order valence-electron chi connectivity index (χ1n) is 9.62. The summed E-state index contributed by atoms with van der Waals surface area (Å²) in [5, 5.41) is 10.6. The number of thiophene rings is 1. The van der Waals surface area contributed by atoms with E-state index in [1.165, 1.54) is 16.1 Å². The molecule has 3 rings (SSSR count). The summed E-state index contributed by atoms with van der Waals surface area (Å²) in [5.74, 6) is 0.891. The van der Waals surface area contributed by atoms with Crippen LogP contribution < -0.4 is 15.5 Å². The van der Waals surface area contributed by atoms with E-state index in [0.717, 1.165) is 45.0 Å². The number of hydrogen-bond acceptors (Lipinski definition) is 4. The number of anilines is 1. The van der Waals surface area contributed by atoms with Gasteiger partial charge in [-0.15, -0.1) is 11.3 Å². The molecule has 27 heavy (non-hydrogen) atoms. The van der Waals surface area contributed by atoms with Crippen molar-refractivity contribution in [2.24, 2.45) is 4.99 Å². The highest BCUT2D eigenvalue weighted by Gasteiger charge is 2.20. The number of guanidine groups is 1. The SMILES string of the molecule is CN=C(NCc1ccc(CN(C)C)cc1)NC1CCN(c2cccs2)CC1. The van der Waals surface area contributed by atoms with Crippen LogP contribution in [0, 0.1) is 0 Å². The van der Waals surface area contributed by atoms with Gasteiger partial charge in [-0.05, 0) is 55.6 Å². The largest absolute Gasteiger partial charge is 0.363 e. The summed E-state index contributed by atoms with van der Waals surface area (Å²) < 4.78 is 0. The maximum absolute atomic E-state index is 4.40. The van der Waals surface area contributed by atoms with Crippen molar-refractivity contribution < 1.29 is 0 Å². The van der Waals surface area contributed by atoms with Crippen LogP contribution in [0.25, 0.3) is 0 Å². The maximum Gasteiger partial charge on any atom is 0.191 e. The van der Waals surface area contributed by atoms with Gasteiger partial charge in [0.2, 0.25) is 0 Å². The third kappa shape index (κ3) is 5.97. The minimum atomic E-state index is 0.481. The molecule has 0 saturated carbocycles. The highest BCUT2D eigenvalue weighted by atomic mass is 32.1. The number of hydrogen-bond donors (Lipinski definition) is 2. The lowest BCUT2D eigenvalue weighted by Crippen LogP contribution is -2.48. The van der Waals surface area contributed by atoms with Gasteiger partial charge >= 0.3 is 0 Å². The summed E-state index contributed by atoms with van der Waals surface area (Å²) >= 11 is 1.83. The minimum Gasteiger partial charge on any atom is -0.363 e. The molecule has 0 spiro atoms. The summed E-state index contributed by atoms with van der Waals surface area (Å²) in [6.45, 7) is 3.96. The van der Waals surface area contributed by atoms with Gasteiger partial charge in [-0.3, -0.25) is 4.99 Å². The van der Waals surface area contributed by atoms with Crippen LogP contribution in [-0.4, -0.2) is 51.1 Å². The fourth-order valence-electron chi connectivity index (χ4n) is 3.40. The van der Waals surface area contributed by atoms with Gasteiger partial charge in [0.25, 0.3) is 0 Å². The molecule has 0 atom stereocenters. The zero-order valence-electron chi connectivity index (χ0n) is 16.6. The summed E-state index contributed by atoms with van der Waals surface area (Å²) in [6, 6.07) is 13.6. The fraction of sp³-hybridized carbons (Fsp3) is 0.476. The summed E-state index contributed by atoms with van der Waals surface area (Å²) in [5.41, 5.74) is 2.61. The lowest BCUT2D eigenvalue weighted by molar-refractivity contribution is 0.402. The molecule has 1 aliphatic heterocycles. The van der Waals surface area contributed by atoms with Gasteiger partial charge in [0, 0.05) is 39.3 Å². The highest BCUT2D eigenvalue weighted by Crippen LogP contribution is 2.24. The average molecular weight is 386 g/mol. The van der Waals surface area contributed by atoms with Gasteiger partial charge in [-0.1, -0.05) is 24.3 Å². The second-order valence-electron chi connectivity index (χ2n) is 7.34. The topological polar surface area (TPSA) is 42.9 Å². The van der Waals surface area contributed by atoms with Crippen LogP contribution in [-0.2, 0) is 13.1 Å². The molecule has 2 N–H and O–H groups in total. The summed E-state index contributed by atoms with van der Waals surface area (Å²) in [4.78, 5) is 9.06. The van der Waals surface area contributed by atoms with Crippen molar-refractivity contribution in [1.29, 1.82) is 0 Å². The van der Waals surface area contributed by atoms with E-state index in [2.05, 4.69) is 81.3 Å². The molecule has 2 aromatic rings. The third-order valence-electron chi connectivity index (χ3n) is 4.86. The van der Waals surface area contributed by atoms with Crippen LogP contribution in [0.5, 0.6) is 0 Å². The Labute approximate surface area is 167 Å². The maximum atomic E-state index is 4.40. The lowest BCUT2D eigenvalue weighted by Gasteiger charge is -2.33. The van der Waals surface area contributed by atoms with E-state index in [4.69, 9.17) is 0 Å². The zero-order valence-corrected chi connectivity index (χ0v) is 17.4. The van der Waals surface area contributed by atoms with E-state index < -0.39 is 0 Å². The summed E-state index contributed by atoms with van der Waals surface area (Å²) in [6.07, 6.45) is 2.27. The fourth-order valence-corrected chi connectivity index (χ4v) is 4.18. The molecule has 5 nitrogen and oxygen atoms in total. The monoisotopic (exact) mass is 385 g/mol. The zero-order chi connectivity index (χ0) is 19.1. The van der Waals surface area contributed by atoms with Crippen LogP contribution in [0.2, 0.25) is 0 Å². The molecule has 1 aliphatic rings. The van der Waals surface area contributed by atoms with E-state index in [1.807, 2.05) is 18.4 Å². The van der Waals surface area contributed by atoms with E-state index in [-0.39, 0.29) is 0 Å². The van der Waals surface area contributed by atoms with Crippen molar-refractivity contribution in [2.75, 3.05) is 39.1 Å². The molecule has 146 valence electrons. The Balaban J connectivity index is 1.43. The van der Waals surface area contributed by atoms with E-state index in [0.29, 0.717) is 6.04 Å². The van der Waals surface area contributed by atoms with Crippen LogP contribution >= 0.6 is 11.3 Å². The third-order valence-corrected chi connectivity index (χ3v) is 5.79. The number of benzene rings is 1. The molecule has 0 aliphatic carbocycles. The second kappa shape index (κ2) is 9.76. The van der Waals surface area contributed by atoms with Crippen LogP contribution in [0.1, 0.15) is 24.0 Å². The number of rotatable bonds is 6. The molecule has 0 unspecified atom stereocenters. The first-order valence-corrected chi connectivity index (χ1v) is 10.5. The first-order chi connectivity index (χ1) is 13.1. The van der Waals surface area contributed by atoms with Gasteiger partial charge in [-0.2, -0.15) is 0 Å². The molecule has 0 amide bonds. The normalized spacial score (nSPS) is 16.0. The molecule has 1 aromatic heterocycles. The molecule has 0 bridgehead atoms. The van der Waals surface area contributed by atoms with E-state index in [9.17, 15) is 0 Å². The van der Waals surface area contributed by atoms with Crippen molar-refractivity contribution in [3.8, 4) is 0 Å². The van der Waals surface area contributed by atoms with Gasteiger partial charge < -0.3 is 20.4 Å². The van der Waals surface area contributed by atoms with Crippen molar-refractivity contribution in [3.05, 3.63) is 52.9 Å². The van der Waals surface area contributed by atoms with E-state index >= 15 is 0 Å². The smallest absolute Gasteiger partial charge is 0.191 e. The standard InChI is InChI=1S/C21H31N5S/c1-22-21(23-15-17-6-8-18(9-7-17)16-25(2)3)24-19-10-12-26(13-11-19)20-5-4-14-27-20/h4-9,14,19H,10-13,15-16H2,1-3H3,(H2,22,23,24). The Morgan fingerprint density at radius 3 is 2.44 bits per heavy atom. The number of nitrogens with zero attached hydrogens (tertiary/aromatic N) is 3. The molecule has 2 heterocycles. The van der Waals surface area contributed by atoms with Crippen molar-refractivity contribution in [2.45, 2.75) is 32.0 Å². The van der Waals surface area contributed by atoms with Crippen molar-refractivity contribution >= 4 is 22.3 Å². The molecular weight excluding hydrogens is 354 g/mol. The van der Waals surface area contributed by atoms with Crippen LogP contribution in [0.4, 0.5) is 5.00 Å². The van der Waals surface area contributed by atoms with Gasteiger partial charge in [0.05, 0.1) is 5.00 Å². The molecule has 1 fully saturated rings. The summed E-state index contributed by atoms with van der Waals surface area (Å²) in [7, 11) is 6.03. The quantitative estimate of drug-likeness (QED) is 0.592. The van der Waals surface area contributed by atoms with Crippen molar-refractivity contribution in [3.63, 3.8) is 0 Å². The molecule has 1 saturated heterocycles. The number of nitrogens with one attached hydrogen (secondary N) is 2. The predicted octanol–water partition coefficient (Wildman–Crippen LogP) is 3.14. The Bertz CT molecular complexity index is 701. The molecule has 6 heteroatoms. The van der Waals surface area contributed by atoms with Crippen molar-refractivity contribution in [1.82, 2.24) is 15.5 Å². The van der Waals surface area contributed by atoms with E-state index in [1.54, 1.807) is 0 Å². The number of piperidine rings is 1. The van der Waals surface area contributed by atoms with Gasteiger partial charge in [-0.25, -0.2) is 0 Å². The Morgan fingerprint density at radius 1 is 1.15 bits per heavy atom. The first kappa shape index (κ1) is 19.7. The van der Waals surface area contributed by atoms with Crippen LogP contribution in [0.15, 0.2) is 46.8 Å². The van der Waals surface area contributed by atoms with Gasteiger partial charge in [0.1, 0.15) is 0 Å². The van der Waals surface area contributed by atoms with Gasteiger partial charge in [0.15, 0.2) is 5.96 Å². The average Bonchev–Trinajstić information content (AvgIpc) is 3.21. The lowest BCUT2D eigenvalue weighted by atomic mass is 10.1. The minimum absolute atomic E-state index is 0.481. The molecular formula is C21H31N5S. The second-order valence-corrected chi connectivity index (χ2v) is 8.26. The molecule has 1 aromatic carbocycles. The predicted molar refractivity (Wildman–Crippen MR) is 117 cm³/mol. The molecule has 0 radical (unpaired) electrons. The Kier molecular flexibility index (Phi) is 7.12. The van der Waals surface area contributed by atoms with Crippen LogP contribution in [0.3, 0.4) is 0 Å². The Hall–Kier alpha value is -2.05. The Morgan fingerprint density at radius 2 is 1.85 bits per heavy atom.